The Kier molecular flexibility index (Phi) is 8.49. The summed E-state index contributed by atoms with van der Waals surface area (Å²) in [4.78, 5) is 18.0. The van der Waals surface area contributed by atoms with E-state index in [0.29, 0.717) is 0 Å². The van der Waals surface area contributed by atoms with E-state index >= 15 is 0 Å². The first kappa shape index (κ1) is 20.8. The van der Waals surface area contributed by atoms with Crippen LogP contribution in [-0.2, 0) is 12.8 Å². The number of anilines is 1. The highest BCUT2D eigenvalue weighted by Gasteiger charge is 2.21. The van der Waals surface area contributed by atoms with Crippen molar-refractivity contribution in [2.45, 2.75) is 19.8 Å². The second kappa shape index (κ2) is 10.6. The number of nitrogens with one attached hydrogen (secondary N) is 1. The van der Waals surface area contributed by atoms with Gasteiger partial charge in [-0.2, -0.15) is 4.37 Å². The molecule has 2 aromatic rings. The number of hydrogen-bond acceptors (Lipinski definition) is 6. The van der Waals surface area contributed by atoms with E-state index in [1.165, 1.54) is 11.5 Å². The molecule has 1 fully saturated rings. The monoisotopic (exact) mass is 487 g/mol. The summed E-state index contributed by atoms with van der Waals surface area (Å²) in [6.45, 7) is 6.68. The lowest BCUT2D eigenvalue weighted by Crippen LogP contribution is -2.52. The van der Waals surface area contributed by atoms with Gasteiger partial charge >= 0.3 is 0 Å². The van der Waals surface area contributed by atoms with Crippen LogP contribution >= 0.6 is 35.5 Å². The first-order valence-corrected chi connectivity index (χ1v) is 9.50. The average Bonchev–Trinajstić information content (AvgIpc) is 3.16. The van der Waals surface area contributed by atoms with Crippen molar-refractivity contribution in [2.75, 3.05) is 44.7 Å². The zero-order valence-corrected chi connectivity index (χ0v) is 18.4. The van der Waals surface area contributed by atoms with Crippen LogP contribution in [0.25, 0.3) is 0 Å². The Morgan fingerprint density at radius 1 is 1.27 bits per heavy atom. The van der Waals surface area contributed by atoms with E-state index in [4.69, 9.17) is 0 Å². The number of nitrogens with zero attached hydrogens (tertiary/aromatic N) is 6. The van der Waals surface area contributed by atoms with E-state index in [1.54, 1.807) is 0 Å². The van der Waals surface area contributed by atoms with Crippen molar-refractivity contribution < 1.29 is 0 Å². The van der Waals surface area contributed by atoms with Crippen LogP contribution in [0.15, 0.2) is 29.4 Å². The predicted octanol–water partition coefficient (Wildman–Crippen LogP) is 2.05. The second-order valence-electron chi connectivity index (χ2n) is 5.87. The van der Waals surface area contributed by atoms with E-state index in [9.17, 15) is 0 Å². The van der Waals surface area contributed by atoms with Crippen molar-refractivity contribution in [1.82, 2.24) is 24.6 Å². The van der Waals surface area contributed by atoms with E-state index in [1.807, 2.05) is 25.4 Å². The highest BCUT2D eigenvalue weighted by atomic mass is 127. The van der Waals surface area contributed by atoms with Crippen molar-refractivity contribution >= 4 is 46.6 Å². The SMILES string of the molecule is CCc1nsc(N2CCN(C(=NC)NCCc3ccccn3)CC2)n1.I. The number of aromatic nitrogens is 3. The smallest absolute Gasteiger partial charge is 0.205 e. The van der Waals surface area contributed by atoms with E-state index in [-0.39, 0.29) is 24.0 Å². The summed E-state index contributed by atoms with van der Waals surface area (Å²) in [5, 5.41) is 4.48. The minimum absolute atomic E-state index is 0. The van der Waals surface area contributed by atoms with Crippen molar-refractivity contribution in [3.63, 3.8) is 0 Å². The largest absolute Gasteiger partial charge is 0.356 e. The summed E-state index contributed by atoms with van der Waals surface area (Å²) in [7, 11) is 1.84. The zero-order valence-electron chi connectivity index (χ0n) is 15.3. The van der Waals surface area contributed by atoms with Crippen molar-refractivity contribution in [3.8, 4) is 0 Å². The fraction of sp³-hybridized carbons (Fsp3) is 0.529. The van der Waals surface area contributed by atoms with Gasteiger partial charge in [-0.1, -0.05) is 13.0 Å². The Morgan fingerprint density at radius 3 is 2.69 bits per heavy atom. The van der Waals surface area contributed by atoms with Gasteiger partial charge in [0.05, 0.1) is 0 Å². The summed E-state index contributed by atoms with van der Waals surface area (Å²) in [6, 6.07) is 6.01. The Bertz CT molecular complexity index is 683. The number of pyridine rings is 1. The Labute approximate surface area is 176 Å². The van der Waals surface area contributed by atoms with Gasteiger partial charge in [-0.25, -0.2) is 4.98 Å². The molecule has 0 aliphatic carbocycles. The lowest BCUT2D eigenvalue weighted by Gasteiger charge is -2.36. The van der Waals surface area contributed by atoms with Crippen LogP contribution in [0.4, 0.5) is 5.13 Å². The van der Waals surface area contributed by atoms with Crippen molar-refractivity contribution in [2.24, 2.45) is 4.99 Å². The molecule has 26 heavy (non-hydrogen) atoms. The molecule has 1 N–H and O–H groups in total. The molecule has 142 valence electrons. The second-order valence-corrected chi connectivity index (χ2v) is 6.60. The Morgan fingerprint density at radius 2 is 2.08 bits per heavy atom. The zero-order chi connectivity index (χ0) is 17.5. The normalized spacial score (nSPS) is 14.9. The van der Waals surface area contributed by atoms with Gasteiger partial charge in [-0.15, -0.1) is 24.0 Å². The Hall–Kier alpha value is -1.49. The molecule has 0 unspecified atom stereocenters. The molecule has 2 aromatic heterocycles. The number of aliphatic imine (C=N–C) groups is 1. The number of hydrogen-bond donors (Lipinski definition) is 1. The Balaban J connectivity index is 0.00000243. The summed E-state index contributed by atoms with van der Waals surface area (Å²) < 4.78 is 4.38. The highest BCUT2D eigenvalue weighted by molar-refractivity contribution is 14.0. The van der Waals surface area contributed by atoms with Crippen molar-refractivity contribution in [3.05, 3.63) is 35.9 Å². The lowest BCUT2D eigenvalue weighted by molar-refractivity contribution is 0.372. The molecule has 0 aromatic carbocycles. The molecule has 1 aliphatic heterocycles. The number of aryl methyl sites for hydroxylation is 1. The molecular formula is C17H26IN7S. The van der Waals surface area contributed by atoms with Gasteiger partial charge in [0, 0.05) is 76.0 Å². The third-order valence-corrected chi connectivity index (χ3v) is 5.04. The molecule has 0 bridgehead atoms. The van der Waals surface area contributed by atoms with Crippen LogP contribution in [0.5, 0.6) is 0 Å². The molecule has 0 amide bonds. The van der Waals surface area contributed by atoms with Crippen molar-refractivity contribution in [1.29, 1.82) is 0 Å². The van der Waals surface area contributed by atoms with Crippen LogP contribution in [-0.4, -0.2) is 65.0 Å². The molecule has 1 saturated heterocycles. The molecule has 1 aliphatic rings. The predicted molar refractivity (Wildman–Crippen MR) is 118 cm³/mol. The van der Waals surface area contributed by atoms with Gasteiger partial charge in [0.25, 0.3) is 0 Å². The molecule has 7 nitrogen and oxygen atoms in total. The first-order valence-electron chi connectivity index (χ1n) is 8.73. The minimum Gasteiger partial charge on any atom is -0.356 e. The average molecular weight is 487 g/mol. The number of rotatable bonds is 5. The summed E-state index contributed by atoms with van der Waals surface area (Å²) in [5.74, 6) is 1.90. The van der Waals surface area contributed by atoms with Crippen LogP contribution in [0.1, 0.15) is 18.4 Å². The van der Waals surface area contributed by atoms with Crippen LogP contribution in [0, 0.1) is 0 Å². The molecule has 9 heteroatoms. The molecule has 0 radical (unpaired) electrons. The number of halogens is 1. The highest BCUT2D eigenvalue weighted by Crippen LogP contribution is 2.19. The third-order valence-electron chi connectivity index (χ3n) is 4.23. The molecule has 0 spiro atoms. The topological polar surface area (TPSA) is 69.5 Å². The summed E-state index contributed by atoms with van der Waals surface area (Å²) in [6.07, 6.45) is 3.62. The molecule has 0 atom stereocenters. The summed E-state index contributed by atoms with van der Waals surface area (Å²) in [5.41, 5.74) is 1.10. The maximum absolute atomic E-state index is 4.59. The van der Waals surface area contributed by atoms with Crippen LogP contribution in [0.2, 0.25) is 0 Å². The van der Waals surface area contributed by atoms with E-state index in [2.05, 4.69) is 47.4 Å². The van der Waals surface area contributed by atoms with Gasteiger partial charge in [0.1, 0.15) is 5.82 Å². The molecular weight excluding hydrogens is 461 g/mol. The van der Waals surface area contributed by atoms with Gasteiger partial charge in [0.15, 0.2) is 5.96 Å². The molecule has 0 saturated carbocycles. The number of guanidine groups is 1. The third kappa shape index (κ3) is 5.50. The molecule has 3 heterocycles. The standard InChI is InChI=1S/C17H25N7S.HI/c1-3-15-21-17(25-22-15)24-12-10-23(11-13-24)16(18-2)20-9-7-14-6-4-5-8-19-14;/h4-6,8H,3,7,9-13H2,1-2H3,(H,18,20);1H. The van der Waals surface area contributed by atoms with Gasteiger partial charge in [-0.05, 0) is 12.1 Å². The first-order chi connectivity index (χ1) is 12.3. The summed E-state index contributed by atoms with van der Waals surface area (Å²) >= 11 is 1.50. The fourth-order valence-electron chi connectivity index (χ4n) is 2.81. The minimum atomic E-state index is 0. The van der Waals surface area contributed by atoms with Gasteiger partial charge < -0.3 is 15.1 Å². The maximum Gasteiger partial charge on any atom is 0.205 e. The van der Waals surface area contributed by atoms with E-state index in [0.717, 1.165) is 68.2 Å². The molecule has 3 rings (SSSR count). The maximum atomic E-state index is 4.59. The van der Waals surface area contributed by atoms with Gasteiger partial charge in [0.2, 0.25) is 5.13 Å². The fourth-order valence-corrected chi connectivity index (χ4v) is 3.61. The number of piperazine rings is 1. The lowest BCUT2D eigenvalue weighted by atomic mass is 10.3. The van der Waals surface area contributed by atoms with E-state index < -0.39 is 0 Å². The van der Waals surface area contributed by atoms with Gasteiger partial charge in [-0.3, -0.25) is 9.98 Å². The quantitative estimate of drug-likeness (QED) is 0.396. The van der Waals surface area contributed by atoms with Crippen LogP contribution in [0.3, 0.4) is 0 Å². The van der Waals surface area contributed by atoms with Crippen LogP contribution < -0.4 is 10.2 Å².